The Kier molecular flexibility index (Phi) is 9.14. The van der Waals surface area contributed by atoms with Crippen LogP contribution in [0.5, 0.6) is 17.2 Å². The van der Waals surface area contributed by atoms with Crippen molar-refractivity contribution in [2.75, 3.05) is 24.9 Å². The summed E-state index contributed by atoms with van der Waals surface area (Å²) in [7, 11) is 2.92. The third kappa shape index (κ3) is 7.40. The molecule has 0 fully saturated rings. The van der Waals surface area contributed by atoms with Crippen LogP contribution < -0.4 is 30.3 Å². The lowest BCUT2D eigenvalue weighted by Crippen LogP contribution is -2.32. The highest BCUT2D eigenvalue weighted by Crippen LogP contribution is 2.29. The number of hydrazone groups is 1. The second-order valence-corrected chi connectivity index (χ2v) is 7.84. The van der Waals surface area contributed by atoms with E-state index in [1.807, 2.05) is 0 Å². The molecule has 0 aliphatic rings. The van der Waals surface area contributed by atoms with Crippen LogP contribution >= 0.6 is 0 Å². The number of rotatable bonds is 8. The van der Waals surface area contributed by atoms with E-state index in [2.05, 4.69) is 21.2 Å². The summed E-state index contributed by atoms with van der Waals surface area (Å²) in [6.45, 7) is 3.00. The van der Waals surface area contributed by atoms with Crippen LogP contribution in [0.4, 0.5) is 11.4 Å². The number of amides is 3. The van der Waals surface area contributed by atoms with Crippen LogP contribution in [0.25, 0.3) is 0 Å². The first-order chi connectivity index (χ1) is 18.2. The molecule has 11 nitrogen and oxygen atoms in total. The van der Waals surface area contributed by atoms with Crippen molar-refractivity contribution >= 4 is 40.8 Å². The maximum absolute atomic E-state index is 12.5. The Labute approximate surface area is 218 Å². The van der Waals surface area contributed by atoms with Gasteiger partial charge in [-0.2, -0.15) is 5.10 Å². The van der Waals surface area contributed by atoms with Gasteiger partial charge in [0.2, 0.25) is 5.91 Å². The van der Waals surface area contributed by atoms with Crippen molar-refractivity contribution in [1.29, 1.82) is 0 Å². The third-order valence-corrected chi connectivity index (χ3v) is 5.08. The summed E-state index contributed by atoms with van der Waals surface area (Å²) in [6.07, 6.45) is 0. The van der Waals surface area contributed by atoms with Gasteiger partial charge in [-0.05, 0) is 67.6 Å². The zero-order valence-corrected chi connectivity index (χ0v) is 21.2. The van der Waals surface area contributed by atoms with Crippen LogP contribution in [0.2, 0.25) is 0 Å². The van der Waals surface area contributed by atoms with Gasteiger partial charge in [-0.3, -0.25) is 14.4 Å². The van der Waals surface area contributed by atoms with E-state index < -0.39 is 17.8 Å². The Morgan fingerprint density at radius 2 is 1.39 bits per heavy atom. The van der Waals surface area contributed by atoms with Gasteiger partial charge in [0.25, 0.3) is 0 Å². The van der Waals surface area contributed by atoms with Crippen molar-refractivity contribution in [3.8, 4) is 17.2 Å². The fourth-order valence-electron chi connectivity index (χ4n) is 3.16. The summed E-state index contributed by atoms with van der Waals surface area (Å²) in [5.41, 5.74) is 4.34. The molecule has 0 saturated heterocycles. The van der Waals surface area contributed by atoms with Crippen molar-refractivity contribution in [2.24, 2.45) is 5.10 Å². The zero-order valence-electron chi connectivity index (χ0n) is 21.2. The largest absolute Gasteiger partial charge is 0.497 e. The first-order valence-corrected chi connectivity index (χ1v) is 11.3. The summed E-state index contributed by atoms with van der Waals surface area (Å²) < 4.78 is 15.9. The average molecular weight is 519 g/mol. The van der Waals surface area contributed by atoms with Crippen molar-refractivity contribution in [3.63, 3.8) is 0 Å². The molecule has 0 aromatic heterocycles. The minimum Gasteiger partial charge on any atom is -0.497 e. The van der Waals surface area contributed by atoms with Crippen LogP contribution in [0.3, 0.4) is 0 Å². The quantitative estimate of drug-likeness (QED) is 0.136. The van der Waals surface area contributed by atoms with E-state index in [1.54, 1.807) is 67.6 Å². The highest BCUT2D eigenvalue weighted by Gasteiger charge is 2.16. The highest BCUT2D eigenvalue weighted by atomic mass is 16.6. The van der Waals surface area contributed by atoms with Crippen LogP contribution in [-0.4, -0.2) is 43.6 Å². The number of hydrogen-bond acceptors (Lipinski definition) is 8. The molecule has 11 heteroatoms. The normalized spacial score (nSPS) is 10.7. The third-order valence-electron chi connectivity index (χ3n) is 5.08. The lowest BCUT2D eigenvalue weighted by molar-refractivity contribution is -0.136. The Hall–Kier alpha value is -5.19. The Balaban J connectivity index is 1.63. The Morgan fingerprint density at radius 3 is 2.03 bits per heavy atom. The molecular formula is C27H26N4O7. The molecule has 3 aromatic carbocycles. The molecule has 3 rings (SSSR count). The summed E-state index contributed by atoms with van der Waals surface area (Å²) >= 11 is 0. The molecule has 0 spiro atoms. The van der Waals surface area contributed by atoms with E-state index in [9.17, 15) is 19.2 Å². The zero-order chi connectivity index (χ0) is 27.7. The van der Waals surface area contributed by atoms with Gasteiger partial charge in [0, 0.05) is 23.9 Å². The minimum absolute atomic E-state index is 0.185. The summed E-state index contributed by atoms with van der Waals surface area (Å²) in [6, 6.07) is 17.5. The monoisotopic (exact) mass is 518 g/mol. The van der Waals surface area contributed by atoms with Gasteiger partial charge in [-0.25, -0.2) is 10.2 Å². The minimum atomic E-state index is -0.980. The standard InChI is InChI=1S/C27H26N4O7/c1-16(30-31-26(34)25(33)29-21-11-9-20(10-12-21)28-17(2)32)18-8-13-23(24(15-18)37-4)38-27(35)19-6-5-7-22(14-19)36-3/h5-15H,1-4H3,(H,28,32)(H,29,33)(H,31,34)/b30-16+. The van der Waals surface area contributed by atoms with E-state index in [1.165, 1.54) is 27.2 Å². The number of nitrogens with zero attached hydrogens (tertiary/aromatic N) is 1. The van der Waals surface area contributed by atoms with Gasteiger partial charge in [-0.15, -0.1) is 0 Å². The molecule has 196 valence electrons. The number of methoxy groups -OCH3 is 2. The van der Waals surface area contributed by atoms with Crippen molar-refractivity contribution in [3.05, 3.63) is 77.9 Å². The molecule has 38 heavy (non-hydrogen) atoms. The SMILES string of the molecule is COc1cccc(C(=O)Oc2ccc(/C(C)=N/NC(=O)C(=O)Nc3ccc(NC(C)=O)cc3)cc2OC)c1. The Morgan fingerprint density at radius 1 is 0.711 bits per heavy atom. The van der Waals surface area contributed by atoms with E-state index in [0.717, 1.165) is 0 Å². The predicted octanol–water partition coefficient (Wildman–Crippen LogP) is 3.36. The molecule has 3 aromatic rings. The fraction of sp³-hybridized carbons (Fsp3) is 0.148. The molecule has 0 aliphatic carbocycles. The van der Waals surface area contributed by atoms with Gasteiger partial charge in [0.1, 0.15) is 5.75 Å². The summed E-state index contributed by atoms with van der Waals surface area (Å²) in [4.78, 5) is 48.0. The molecule has 0 saturated carbocycles. The molecular weight excluding hydrogens is 492 g/mol. The van der Waals surface area contributed by atoms with Crippen LogP contribution in [0.1, 0.15) is 29.8 Å². The molecule has 0 radical (unpaired) electrons. The van der Waals surface area contributed by atoms with Crippen LogP contribution in [-0.2, 0) is 14.4 Å². The molecule has 0 heterocycles. The van der Waals surface area contributed by atoms with Gasteiger partial charge >= 0.3 is 17.8 Å². The number of nitrogens with one attached hydrogen (secondary N) is 3. The topological polar surface area (TPSA) is 144 Å². The number of ether oxygens (including phenoxy) is 3. The maximum atomic E-state index is 12.5. The number of carbonyl (C=O) groups is 4. The van der Waals surface area contributed by atoms with E-state index in [4.69, 9.17) is 14.2 Å². The highest BCUT2D eigenvalue weighted by molar-refractivity contribution is 6.39. The number of carbonyl (C=O) groups excluding carboxylic acids is 4. The van der Waals surface area contributed by atoms with Crippen LogP contribution in [0, 0.1) is 0 Å². The predicted molar refractivity (Wildman–Crippen MR) is 141 cm³/mol. The van der Waals surface area contributed by atoms with Crippen molar-refractivity contribution < 1.29 is 33.4 Å². The number of anilines is 2. The molecule has 0 unspecified atom stereocenters. The number of hydrogen-bond donors (Lipinski definition) is 3. The van der Waals surface area contributed by atoms with Crippen molar-refractivity contribution in [2.45, 2.75) is 13.8 Å². The first kappa shape index (κ1) is 27.4. The van der Waals surface area contributed by atoms with Crippen molar-refractivity contribution in [1.82, 2.24) is 5.43 Å². The van der Waals surface area contributed by atoms with Gasteiger partial charge in [0.15, 0.2) is 11.5 Å². The second-order valence-electron chi connectivity index (χ2n) is 7.84. The average Bonchev–Trinajstić information content (AvgIpc) is 2.92. The summed E-state index contributed by atoms with van der Waals surface area (Å²) in [5, 5.41) is 9.01. The Bertz CT molecular complexity index is 1380. The molecule has 0 bridgehead atoms. The van der Waals surface area contributed by atoms with Gasteiger partial charge < -0.3 is 24.8 Å². The molecule has 0 aliphatic heterocycles. The van der Waals surface area contributed by atoms with Gasteiger partial charge in [0.05, 0.1) is 25.5 Å². The lowest BCUT2D eigenvalue weighted by atomic mass is 10.1. The summed E-state index contributed by atoms with van der Waals surface area (Å²) in [5.74, 6) is -1.76. The smallest absolute Gasteiger partial charge is 0.343 e. The lowest BCUT2D eigenvalue weighted by Gasteiger charge is -2.11. The number of esters is 1. The fourth-order valence-corrected chi connectivity index (χ4v) is 3.16. The molecule has 3 N–H and O–H groups in total. The van der Waals surface area contributed by atoms with Crippen LogP contribution in [0.15, 0.2) is 71.8 Å². The van der Waals surface area contributed by atoms with E-state index in [-0.39, 0.29) is 17.4 Å². The molecule has 3 amide bonds. The second kappa shape index (κ2) is 12.7. The first-order valence-electron chi connectivity index (χ1n) is 11.3. The van der Waals surface area contributed by atoms with E-state index >= 15 is 0 Å². The molecule has 0 atom stereocenters. The van der Waals surface area contributed by atoms with Gasteiger partial charge in [-0.1, -0.05) is 6.07 Å². The van der Waals surface area contributed by atoms with E-state index in [0.29, 0.717) is 34.0 Å². The maximum Gasteiger partial charge on any atom is 0.343 e. The number of benzene rings is 3.